The lowest BCUT2D eigenvalue weighted by Gasteiger charge is -2.24. The van der Waals surface area contributed by atoms with Crippen molar-refractivity contribution in [2.45, 2.75) is 22.8 Å². The number of rotatable bonds is 2. The molecule has 3 atom stereocenters. The summed E-state index contributed by atoms with van der Waals surface area (Å²) in [6, 6.07) is 1.66. The van der Waals surface area contributed by atoms with Crippen LogP contribution in [0.2, 0.25) is 0 Å². The van der Waals surface area contributed by atoms with Crippen molar-refractivity contribution >= 4 is 46.0 Å². The second kappa shape index (κ2) is 4.85. The molecule has 3 heterocycles. The standard InChI is InChI=1S/C11H13Cl2N5O3/c12-11(13)6(20)5(3-19)21-9(11)18-2-1-4-7(14)16-10(15)17-8(4)18/h1-2,5-6,9,19-20H,3H2,(H4,14,15,16,17)/t5-,6?,9-/m1/s1. The van der Waals surface area contributed by atoms with Gasteiger partial charge in [0.25, 0.3) is 0 Å². The van der Waals surface area contributed by atoms with Crippen LogP contribution in [0, 0.1) is 0 Å². The van der Waals surface area contributed by atoms with Gasteiger partial charge in [-0.25, -0.2) is 0 Å². The molecule has 6 N–H and O–H groups in total. The number of fused-ring (bicyclic) bond motifs is 1. The molecule has 1 aliphatic heterocycles. The van der Waals surface area contributed by atoms with Gasteiger partial charge in [0, 0.05) is 6.20 Å². The third kappa shape index (κ3) is 2.11. The van der Waals surface area contributed by atoms with E-state index >= 15 is 0 Å². The maximum absolute atomic E-state index is 10.0. The Morgan fingerprint density at radius 2 is 2.10 bits per heavy atom. The predicted molar refractivity (Wildman–Crippen MR) is 77.8 cm³/mol. The summed E-state index contributed by atoms with van der Waals surface area (Å²) in [5, 5.41) is 19.8. The molecule has 2 aromatic heterocycles. The Bertz CT molecular complexity index is 692. The molecule has 0 amide bonds. The van der Waals surface area contributed by atoms with Crippen LogP contribution in [0.25, 0.3) is 11.0 Å². The lowest BCUT2D eigenvalue weighted by molar-refractivity contribution is -0.0432. The lowest BCUT2D eigenvalue weighted by Crippen LogP contribution is -2.37. The molecule has 8 nitrogen and oxygen atoms in total. The van der Waals surface area contributed by atoms with Gasteiger partial charge in [0.1, 0.15) is 23.7 Å². The summed E-state index contributed by atoms with van der Waals surface area (Å²) in [5.41, 5.74) is 11.7. The molecule has 10 heteroatoms. The number of aromatic nitrogens is 3. The molecular weight excluding hydrogens is 321 g/mol. The normalized spacial score (nSPS) is 28.3. The minimum Gasteiger partial charge on any atom is -0.394 e. The first kappa shape index (κ1) is 14.6. The molecule has 3 rings (SSSR count). The van der Waals surface area contributed by atoms with Crippen LogP contribution in [0.4, 0.5) is 11.8 Å². The number of ether oxygens (including phenoxy) is 1. The quantitative estimate of drug-likeness (QED) is 0.569. The summed E-state index contributed by atoms with van der Waals surface area (Å²) < 4.78 is 5.37. The SMILES string of the molecule is Nc1nc(N)c2ccn([C@@H]3O[C@H](CO)C(O)C3(Cl)Cl)c2n1. The van der Waals surface area contributed by atoms with Gasteiger partial charge in [0.2, 0.25) is 5.95 Å². The van der Waals surface area contributed by atoms with E-state index in [0.717, 1.165) is 0 Å². The van der Waals surface area contributed by atoms with Gasteiger partial charge in [-0.3, -0.25) is 0 Å². The first-order valence-electron chi connectivity index (χ1n) is 6.08. The van der Waals surface area contributed by atoms with Crippen LogP contribution < -0.4 is 11.5 Å². The summed E-state index contributed by atoms with van der Waals surface area (Å²) in [5.74, 6) is 0.204. The largest absolute Gasteiger partial charge is 0.394 e. The number of aliphatic hydroxyl groups excluding tert-OH is 2. The number of anilines is 2. The first-order valence-corrected chi connectivity index (χ1v) is 6.83. The predicted octanol–water partition coefficient (Wildman–Crippen LogP) is 0.0202. The fourth-order valence-corrected chi connectivity index (χ4v) is 2.98. The molecule has 1 aliphatic rings. The molecule has 0 radical (unpaired) electrons. The van der Waals surface area contributed by atoms with E-state index in [9.17, 15) is 10.2 Å². The number of hydrogen-bond acceptors (Lipinski definition) is 7. The van der Waals surface area contributed by atoms with E-state index in [-0.39, 0.29) is 11.8 Å². The second-order valence-electron chi connectivity index (χ2n) is 4.76. The number of nitrogens with zero attached hydrogens (tertiary/aromatic N) is 3. The number of hydrogen-bond donors (Lipinski definition) is 4. The average Bonchev–Trinajstić information content (AvgIpc) is 2.91. The highest BCUT2D eigenvalue weighted by molar-refractivity contribution is 6.49. The van der Waals surface area contributed by atoms with Gasteiger partial charge in [-0.05, 0) is 6.07 Å². The Morgan fingerprint density at radius 1 is 1.38 bits per heavy atom. The molecular formula is C11H13Cl2N5O3. The van der Waals surface area contributed by atoms with E-state index in [2.05, 4.69) is 9.97 Å². The highest BCUT2D eigenvalue weighted by atomic mass is 35.5. The maximum atomic E-state index is 10.0. The topological polar surface area (TPSA) is 132 Å². The van der Waals surface area contributed by atoms with Crippen molar-refractivity contribution in [2.24, 2.45) is 0 Å². The Hall–Kier alpha value is -1.32. The monoisotopic (exact) mass is 333 g/mol. The second-order valence-corrected chi connectivity index (χ2v) is 6.20. The van der Waals surface area contributed by atoms with Gasteiger partial charge < -0.3 is 31.0 Å². The van der Waals surface area contributed by atoms with Crippen molar-refractivity contribution in [1.82, 2.24) is 14.5 Å². The van der Waals surface area contributed by atoms with E-state index in [1.54, 1.807) is 12.3 Å². The third-order valence-electron chi connectivity index (χ3n) is 3.43. The number of alkyl halides is 2. The smallest absolute Gasteiger partial charge is 0.223 e. The summed E-state index contributed by atoms with van der Waals surface area (Å²) in [4.78, 5) is 7.95. The van der Waals surface area contributed by atoms with Crippen molar-refractivity contribution in [3.8, 4) is 0 Å². The minimum atomic E-state index is -1.66. The zero-order valence-electron chi connectivity index (χ0n) is 10.6. The molecule has 0 aliphatic carbocycles. The molecule has 0 aromatic carbocycles. The molecule has 1 saturated heterocycles. The fraction of sp³-hybridized carbons (Fsp3) is 0.455. The Morgan fingerprint density at radius 3 is 2.71 bits per heavy atom. The van der Waals surface area contributed by atoms with Crippen molar-refractivity contribution in [3.63, 3.8) is 0 Å². The van der Waals surface area contributed by atoms with Gasteiger partial charge in [0.15, 0.2) is 10.6 Å². The number of halogens is 2. The number of nitrogen functional groups attached to an aromatic ring is 2. The van der Waals surface area contributed by atoms with Gasteiger partial charge in [-0.1, -0.05) is 23.2 Å². The van der Waals surface area contributed by atoms with Crippen molar-refractivity contribution in [1.29, 1.82) is 0 Å². The summed E-state index contributed by atoms with van der Waals surface area (Å²) in [6.45, 7) is -0.419. The molecule has 1 fully saturated rings. The van der Waals surface area contributed by atoms with Crippen molar-refractivity contribution in [2.75, 3.05) is 18.1 Å². The van der Waals surface area contributed by atoms with E-state index in [1.165, 1.54) is 4.57 Å². The lowest BCUT2D eigenvalue weighted by atomic mass is 10.2. The Balaban J connectivity index is 2.13. The zero-order valence-corrected chi connectivity index (χ0v) is 12.2. The molecule has 2 aromatic rings. The number of aliphatic hydroxyl groups is 2. The fourth-order valence-electron chi connectivity index (χ4n) is 2.38. The highest BCUT2D eigenvalue weighted by Crippen LogP contribution is 2.47. The highest BCUT2D eigenvalue weighted by Gasteiger charge is 2.55. The van der Waals surface area contributed by atoms with Crippen molar-refractivity contribution in [3.05, 3.63) is 12.3 Å². The van der Waals surface area contributed by atoms with Crippen LogP contribution in [-0.4, -0.2) is 47.9 Å². The van der Waals surface area contributed by atoms with E-state index < -0.39 is 29.4 Å². The minimum absolute atomic E-state index is 0.00746. The average molecular weight is 334 g/mol. The zero-order chi connectivity index (χ0) is 15.4. The van der Waals surface area contributed by atoms with Gasteiger partial charge in [0.05, 0.1) is 12.0 Å². The van der Waals surface area contributed by atoms with Gasteiger partial charge in [-0.2, -0.15) is 9.97 Å². The number of nitrogens with two attached hydrogens (primary N) is 2. The molecule has 0 bridgehead atoms. The molecule has 0 spiro atoms. The van der Waals surface area contributed by atoms with Crippen LogP contribution in [0.3, 0.4) is 0 Å². The first-order chi connectivity index (χ1) is 9.86. The van der Waals surface area contributed by atoms with E-state index in [0.29, 0.717) is 11.0 Å². The summed E-state index contributed by atoms with van der Waals surface area (Å²) >= 11 is 12.4. The molecule has 1 unspecified atom stereocenters. The van der Waals surface area contributed by atoms with Crippen LogP contribution in [-0.2, 0) is 4.74 Å². The summed E-state index contributed by atoms with van der Waals surface area (Å²) in [7, 11) is 0. The summed E-state index contributed by atoms with van der Waals surface area (Å²) in [6.07, 6.45) is -1.52. The van der Waals surface area contributed by atoms with Crippen LogP contribution in [0.1, 0.15) is 6.23 Å². The van der Waals surface area contributed by atoms with Gasteiger partial charge >= 0.3 is 0 Å². The van der Waals surface area contributed by atoms with E-state index in [1.807, 2.05) is 0 Å². The van der Waals surface area contributed by atoms with Crippen LogP contribution in [0.15, 0.2) is 12.3 Å². The molecule has 0 saturated carbocycles. The third-order valence-corrected chi connectivity index (χ3v) is 4.25. The molecule has 21 heavy (non-hydrogen) atoms. The molecule has 114 valence electrons. The maximum Gasteiger partial charge on any atom is 0.223 e. The van der Waals surface area contributed by atoms with Gasteiger partial charge in [-0.15, -0.1) is 0 Å². The van der Waals surface area contributed by atoms with E-state index in [4.69, 9.17) is 39.4 Å². The van der Waals surface area contributed by atoms with Crippen LogP contribution >= 0.6 is 23.2 Å². The van der Waals surface area contributed by atoms with Crippen LogP contribution in [0.5, 0.6) is 0 Å². The Labute approximate surface area is 129 Å². The Kier molecular flexibility index (Phi) is 3.38. The van der Waals surface area contributed by atoms with Crippen molar-refractivity contribution < 1.29 is 14.9 Å².